The molecule has 0 aliphatic rings. The van der Waals surface area contributed by atoms with Gasteiger partial charge in [-0.25, -0.2) is 0 Å². The van der Waals surface area contributed by atoms with Crippen molar-refractivity contribution in [2.45, 2.75) is 26.3 Å². The number of Topliss-reactive ketones (excluding diaryl/α,β-unsaturated/α-hetero) is 1. The van der Waals surface area contributed by atoms with E-state index in [4.69, 9.17) is 23.2 Å². The Labute approximate surface area is 122 Å². The minimum Gasteiger partial charge on any atom is -0.294 e. The van der Waals surface area contributed by atoms with Gasteiger partial charge in [-0.15, -0.1) is 0 Å². The summed E-state index contributed by atoms with van der Waals surface area (Å²) in [5.41, 5.74) is 1.47. The number of nitrogens with zero attached hydrogens (tertiary/aromatic N) is 2. The van der Waals surface area contributed by atoms with Crippen LogP contribution < -0.4 is 0 Å². The third-order valence-corrected chi connectivity index (χ3v) is 3.50. The van der Waals surface area contributed by atoms with Gasteiger partial charge in [-0.3, -0.25) is 9.48 Å². The second kappa shape index (κ2) is 6.22. The van der Waals surface area contributed by atoms with E-state index < -0.39 is 0 Å². The topological polar surface area (TPSA) is 34.9 Å². The Balaban J connectivity index is 2.09. The molecule has 0 radical (unpaired) electrons. The number of aryl methyl sites for hydroxylation is 1. The third kappa shape index (κ3) is 3.58. The third-order valence-electron chi connectivity index (χ3n) is 2.76. The second-order valence-corrected chi connectivity index (χ2v) is 5.15. The zero-order valence-electron chi connectivity index (χ0n) is 10.6. The molecule has 0 amide bonds. The lowest BCUT2D eigenvalue weighted by Gasteiger charge is -2.01. The fourth-order valence-corrected chi connectivity index (χ4v) is 2.12. The van der Waals surface area contributed by atoms with Gasteiger partial charge in [-0.1, -0.05) is 36.2 Å². The first-order valence-electron chi connectivity index (χ1n) is 6.09. The number of benzene rings is 1. The van der Waals surface area contributed by atoms with Crippen molar-refractivity contribution in [2.24, 2.45) is 0 Å². The van der Waals surface area contributed by atoms with Gasteiger partial charge in [0.25, 0.3) is 0 Å². The molecule has 100 valence electrons. The molecule has 0 fully saturated rings. The Morgan fingerprint density at radius 2 is 2.11 bits per heavy atom. The number of halogens is 2. The fourth-order valence-electron chi connectivity index (χ4n) is 1.80. The molecule has 19 heavy (non-hydrogen) atoms. The quantitative estimate of drug-likeness (QED) is 0.781. The molecule has 1 aromatic carbocycles. The molecule has 0 bridgehead atoms. The molecule has 1 aromatic heterocycles. The van der Waals surface area contributed by atoms with Gasteiger partial charge in [0.15, 0.2) is 5.78 Å². The minimum atomic E-state index is 0.0285. The van der Waals surface area contributed by atoms with Crippen LogP contribution in [0.5, 0.6) is 0 Å². The normalized spacial score (nSPS) is 10.7. The van der Waals surface area contributed by atoms with Crippen LogP contribution in [0.25, 0.3) is 0 Å². The molecule has 1 heterocycles. The first kappa shape index (κ1) is 14.1. The smallest absolute Gasteiger partial charge is 0.170 e. The Hall–Kier alpha value is -1.32. The van der Waals surface area contributed by atoms with E-state index in [2.05, 4.69) is 12.0 Å². The van der Waals surface area contributed by atoms with E-state index in [9.17, 15) is 4.79 Å². The van der Waals surface area contributed by atoms with E-state index in [1.807, 2.05) is 6.07 Å². The summed E-state index contributed by atoms with van der Waals surface area (Å²) in [5.74, 6) is 0.0285. The van der Waals surface area contributed by atoms with E-state index in [1.54, 1.807) is 29.2 Å². The van der Waals surface area contributed by atoms with Crippen LogP contribution >= 0.6 is 23.2 Å². The van der Waals surface area contributed by atoms with Crippen molar-refractivity contribution in [3.8, 4) is 0 Å². The highest BCUT2D eigenvalue weighted by Gasteiger charge is 2.10. The van der Waals surface area contributed by atoms with Crippen molar-refractivity contribution >= 4 is 29.0 Å². The summed E-state index contributed by atoms with van der Waals surface area (Å²) in [6.45, 7) is 2.89. The van der Waals surface area contributed by atoms with E-state index >= 15 is 0 Å². The molecular weight excluding hydrogens is 283 g/mol. The van der Waals surface area contributed by atoms with Crippen molar-refractivity contribution in [3.05, 3.63) is 51.8 Å². The number of hydrogen-bond donors (Lipinski definition) is 0. The number of aromatic nitrogens is 2. The van der Waals surface area contributed by atoms with Gasteiger partial charge < -0.3 is 0 Å². The van der Waals surface area contributed by atoms with Crippen molar-refractivity contribution in [1.29, 1.82) is 0 Å². The van der Waals surface area contributed by atoms with Crippen molar-refractivity contribution in [2.75, 3.05) is 0 Å². The molecule has 0 aliphatic carbocycles. The van der Waals surface area contributed by atoms with Gasteiger partial charge in [-0.05, 0) is 24.1 Å². The van der Waals surface area contributed by atoms with Crippen molar-refractivity contribution in [3.63, 3.8) is 0 Å². The Morgan fingerprint density at radius 1 is 1.32 bits per heavy atom. The lowest BCUT2D eigenvalue weighted by Crippen LogP contribution is -2.03. The summed E-state index contributed by atoms with van der Waals surface area (Å²) >= 11 is 11.8. The zero-order valence-corrected chi connectivity index (χ0v) is 12.1. The number of rotatable bonds is 5. The van der Waals surface area contributed by atoms with Gasteiger partial charge in [-0.2, -0.15) is 5.10 Å². The van der Waals surface area contributed by atoms with Crippen LogP contribution in [0.1, 0.15) is 29.3 Å². The van der Waals surface area contributed by atoms with Gasteiger partial charge in [0.1, 0.15) is 0 Å². The molecular formula is C14H14Cl2N2O. The molecule has 2 rings (SSSR count). The number of carbonyl (C=O) groups is 1. The van der Waals surface area contributed by atoms with Crippen LogP contribution in [-0.4, -0.2) is 15.6 Å². The van der Waals surface area contributed by atoms with Crippen molar-refractivity contribution < 1.29 is 4.79 Å². The van der Waals surface area contributed by atoms with Crippen LogP contribution in [0.2, 0.25) is 10.0 Å². The standard InChI is InChI=1S/C14H14Cl2N2O/c1-2-5-18-9-11(8-17-18)14(19)7-10-3-4-12(15)13(16)6-10/h3-4,6,8-9H,2,5,7H2,1H3. The summed E-state index contributed by atoms with van der Waals surface area (Å²) in [4.78, 5) is 12.1. The monoisotopic (exact) mass is 296 g/mol. The lowest BCUT2D eigenvalue weighted by molar-refractivity contribution is 0.0993. The van der Waals surface area contributed by atoms with E-state index in [0.717, 1.165) is 18.5 Å². The molecule has 5 heteroatoms. The maximum Gasteiger partial charge on any atom is 0.170 e. The molecule has 3 nitrogen and oxygen atoms in total. The summed E-state index contributed by atoms with van der Waals surface area (Å²) < 4.78 is 1.78. The predicted octanol–water partition coefficient (Wildman–Crippen LogP) is 4.03. The molecule has 0 aliphatic heterocycles. The Bertz CT molecular complexity index is 593. The molecule has 0 saturated heterocycles. The second-order valence-electron chi connectivity index (χ2n) is 4.34. The van der Waals surface area contributed by atoms with Crippen LogP contribution in [0.3, 0.4) is 0 Å². The van der Waals surface area contributed by atoms with E-state index in [-0.39, 0.29) is 5.78 Å². The average Bonchev–Trinajstić information content (AvgIpc) is 2.83. The van der Waals surface area contributed by atoms with Crippen LogP contribution in [0, 0.1) is 0 Å². The van der Waals surface area contributed by atoms with E-state index in [0.29, 0.717) is 22.0 Å². The Morgan fingerprint density at radius 3 is 2.79 bits per heavy atom. The minimum absolute atomic E-state index is 0.0285. The summed E-state index contributed by atoms with van der Waals surface area (Å²) in [5, 5.41) is 5.11. The zero-order chi connectivity index (χ0) is 13.8. The predicted molar refractivity (Wildman–Crippen MR) is 77.0 cm³/mol. The number of hydrogen-bond acceptors (Lipinski definition) is 2. The first-order valence-corrected chi connectivity index (χ1v) is 6.85. The van der Waals surface area contributed by atoms with Gasteiger partial charge in [0.2, 0.25) is 0 Å². The largest absolute Gasteiger partial charge is 0.294 e. The molecule has 0 atom stereocenters. The van der Waals surface area contributed by atoms with E-state index in [1.165, 1.54) is 0 Å². The molecule has 2 aromatic rings. The Kier molecular flexibility index (Phi) is 4.61. The molecule has 0 N–H and O–H groups in total. The fraction of sp³-hybridized carbons (Fsp3) is 0.286. The van der Waals surface area contributed by atoms with Crippen molar-refractivity contribution in [1.82, 2.24) is 9.78 Å². The SMILES string of the molecule is CCCn1cc(C(=O)Cc2ccc(Cl)c(Cl)c2)cn1. The van der Waals surface area contributed by atoms with Crippen LogP contribution in [0.4, 0.5) is 0 Å². The van der Waals surface area contributed by atoms with Crippen LogP contribution in [0.15, 0.2) is 30.6 Å². The highest BCUT2D eigenvalue weighted by molar-refractivity contribution is 6.42. The lowest BCUT2D eigenvalue weighted by atomic mass is 10.1. The van der Waals surface area contributed by atoms with Crippen LogP contribution in [-0.2, 0) is 13.0 Å². The highest BCUT2D eigenvalue weighted by atomic mass is 35.5. The number of ketones is 1. The number of carbonyl (C=O) groups excluding carboxylic acids is 1. The highest BCUT2D eigenvalue weighted by Crippen LogP contribution is 2.23. The molecule has 0 unspecified atom stereocenters. The summed E-state index contributed by atoms with van der Waals surface area (Å²) in [6, 6.07) is 5.23. The molecule has 0 spiro atoms. The van der Waals surface area contributed by atoms with Gasteiger partial charge in [0, 0.05) is 19.2 Å². The average molecular weight is 297 g/mol. The van der Waals surface area contributed by atoms with Gasteiger partial charge >= 0.3 is 0 Å². The summed E-state index contributed by atoms with van der Waals surface area (Å²) in [7, 11) is 0. The summed E-state index contributed by atoms with van der Waals surface area (Å²) in [6.07, 6.45) is 4.68. The first-order chi connectivity index (χ1) is 9.10. The maximum absolute atomic E-state index is 12.1. The maximum atomic E-state index is 12.1. The van der Waals surface area contributed by atoms with Gasteiger partial charge in [0.05, 0.1) is 21.8 Å². The molecule has 0 saturated carbocycles.